The van der Waals surface area contributed by atoms with Crippen LogP contribution in [0.25, 0.3) is 22.8 Å². The van der Waals surface area contributed by atoms with Gasteiger partial charge in [-0.1, -0.05) is 19.1 Å². The van der Waals surface area contributed by atoms with E-state index in [1.165, 1.54) is 16.7 Å². The van der Waals surface area contributed by atoms with Crippen LogP contribution < -0.4 is 5.32 Å². The van der Waals surface area contributed by atoms with Crippen LogP contribution in [0.4, 0.5) is 24.9 Å². The highest BCUT2D eigenvalue weighted by molar-refractivity contribution is 7.59. The van der Waals surface area contributed by atoms with Gasteiger partial charge in [-0.2, -0.15) is 27.4 Å². The molecule has 40 heavy (non-hydrogen) atoms. The molecule has 0 amide bonds. The highest BCUT2D eigenvalue weighted by Gasteiger charge is 2.44. The molecular weight excluding hydrogens is 539 g/mol. The first-order valence-electron chi connectivity index (χ1n) is 12.7. The Morgan fingerprint density at radius 3 is 2.73 bits per heavy atom. The van der Waals surface area contributed by atoms with E-state index in [1.807, 2.05) is 41.4 Å². The van der Waals surface area contributed by atoms with Crippen molar-refractivity contribution in [3.63, 3.8) is 0 Å². The van der Waals surface area contributed by atoms with Crippen LogP contribution in [0.1, 0.15) is 43.3 Å². The normalized spacial score (nSPS) is 14.4. The third-order valence-corrected chi connectivity index (χ3v) is 6.85. The number of aromatic nitrogens is 8. The molecule has 5 heterocycles. The maximum atomic E-state index is 15.5. The molecule has 1 aliphatic rings. The Morgan fingerprint density at radius 2 is 1.95 bits per heavy atom. The molecule has 208 valence electrons. The molecular formula is C27H28F3N9S. The number of nitrogens with one attached hydrogen (secondary N) is 1. The third kappa shape index (κ3) is 4.53. The van der Waals surface area contributed by atoms with Crippen molar-refractivity contribution < 1.29 is 13.2 Å². The molecule has 0 spiro atoms. The van der Waals surface area contributed by atoms with Gasteiger partial charge in [-0.05, 0) is 44.0 Å². The van der Waals surface area contributed by atoms with Crippen LogP contribution in [0, 0.1) is 12.7 Å². The second kappa shape index (κ2) is 10.5. The minimum atomic E-state index is -3.66. The molecule has 1 aromatic carbocycles. The predicted molar refractivity (Wildman–Crippen MR) is 149 cm³/mol. The monoisotopic (exact) mass is 567 g/mol. The molecule has 5 aromatic rings. The number of nitrogens with zero attached hydrogens (tertiary/aromatic N) is 8. The highest BCUT2D eigenvalue weighted by Crippen LogP contribution is 2.42. The Kier molecular flexibility index (Phi) is 7.17. The number of rotatable bonds is 7. The van der Waals surface area contributed by atoms with Gasteiger partial charge < -0.3 is 9.88 Å². The van der Waals surface area contributed by atoms with Crippen LogP contribution in [0.2, 0.25) is 0 Å². The van der Waals surface area contributed by atoms with E-state index in [1.54, 1.807) is 12.4 Å². The van der Waals surface area contributed by atoms with E-state index in [9.17, 15) is 4.39 Å². The van der Waals surface area contributed by atoms with Crippen molar-refractivity contribution >= 4 is 25.3 Å². The standard InChI is InChI=1S/C27H26F3N9.H2S/c1-4-11-38-22(9-10-32-38)33-26-31-13-16(2)23(34-26)18-12-21-24-35-36-25(39(24)17(3)14-37(21)15-18)27(29,30)19-7-5-6-8-20(19)28;/h5-10,12-13,15,17H,4,11,14H2,1-3H3,(H,31,33,34);1H2/t17-;/m0./s1. The fraction of sp³-hybridized carbons (Fsp3) is 0.296. The maximum Gasteiger partial charge on any atom is 0.334 e. The third-order valence-electron chi connectivity index (χ3n) is 6.85. The Bertz CT molecular complexity index is 1670. The van der Waals surface area contributed by atoms with Crippen molar-refractivity contribution in [3.8, 4) is 22.8 Å². The van der Waals surface area contributed by atoms with Crippen molar-refractivity contribution in [2.75, 3.05) is 5.32 Å². The average Bonchev–Trinajstić information content (AvgIpc) is 3.64. The number of benzene rings is 1. The Labute approximate surface area is 235 Å². The smallest absolute Gasteiger partial charge is 0.334 e. The van der Waals surface area contributed by atoms with E-state index in [0.717, 1.165) is 42.0 Å². The summed E-state index contributed by atoms with van der Waals surface area (Å²) in [6.07, 6.45) is 6.32. The van der Waals surface area contributed by atoms with Crippen LogP contribution in [0.3, 0.4) is 0 Å². The zero-order valence-corrected chi connectivity index (χ0v) is 23.1. The molecule has 0 aliphatic carbocycles. The van der Waals surface area contributed by atoms with Crippen molar-refractivity contribution in [1.82, 2.24) is 39.1 Å². The zero-order chi connectivity index (χ0) is 27.3. The van der Waals surface area contributed by atoms with E-state index >= 15 is 8.78 Å². The van der Waals surface area contributed by atoms with Gasteiger partial charge >= 0.3 is 5.92 Å². The van der Waals surface area contributed by atoms with Gasteiger partial charge in [-0.25, -0.2) is 19.0 Å². The van der Waals surface area contributed by atoms with Gasteiger partial charge in [0.05, 0.1) is 29.2 Å². The Hall–Kier alpha value is -4.13. The van der Waals surface area contributed by atoms with E-state index in [0.29, 0.717) is 29.7 Å². The number of halogens is 3. The molecule has 0 unspecified atom stereocenters. The van der Waals surface area contributed by atoms with E-state index in [2.05, 4.69) is 32.5 Å². The van der Waals surface area contributed by atoms with Gasteiger partial charge in [0.2, 0.25) is 11.8 Å². The molecule has 4 aromatic heterocycles. The van der Waals surface area contributed by atoms with Crippen LogP contribution in [-0.4, -0.2) is 39.1 Å². The van der Waals surface area contributed by atoms with Crippen LogP contribution >= 0.6 is 13.5 Å². The molecule has 1 atom stereocenters. The van der Waals surface area contributed by atoms with Gasteiger partial charge in [0, 0.05) is 37.1 Å². The van der Waals surface area contributed by atoms with E-state index in [4.69, 9.17) is 4.98 Å². The summed E-state index contributed by atoms with van der Waals surface area (Å²) in [5.74, 6) is -3.74. The Morgan fingerprint density at radius 1 is 1.15 bits per heavy atom. The van der Waals surface area contributed by atoms with Crippen molar-refractivity contribution in [1.29, 1.82) is 0 Å². The summed E-state index contributed by atoms with van der Waals surface area (Å²) in [4.78, 5) is 9.18. The summed E-state index contributed by atoms with van der Waals surface area (Å²) in [6.45, 7) is 6.97. The fourth-order valence-corrected chi connectivity index (χ4v) is 5.02. The summed E-state index contributed by atoms with van der Waals surface area (Å²) in [5, 5.41) is 15.5. The SMILES string of the molecule is CCCn1nccc1Nc1ncc(C)c(-c2cc3n(c2)C[C@H](C)n2c-3nnc2C(F)(F)c2ccccc2F)n1.S. The quantitative estimate of drug-likeness (QED) is 0.266. The molecule has 13 heteroatoms. The molecule has 0 fully saturated rings. The fourth-order valence-electron chi connectivity index (χ4n) is 5.02. The molecule has 0 saturated carbocycles. The van der Waals surface area contributed by atoms with Crippen molar-refractivity contribution in [2.45, 2.75) is 52.2 Å². The topological polar surface area (TPSA) is 91.3 Å². The summed E-state index contributed by atoms with van der Waals surface area (Å²) in [5.41, 5.74) is 2.24. The molecule has 1 N–H and O–H groups in total. The number of alkyl halides is 2. The molecule has 6 rings (SSSR count). The summed E-state index contributed by atoms with van der Waals surface area (Å²) in [7, 11) is 0. The molecule has 9 nitrogen and oxygen atoms in total. The average molecular weight is 568 g/mol. The first-order valence-corrected chi connectivity index (χ1v) is 12.7. The predicted octanol–water partition coefficient (Wildman–Crippen LogP) is 5.83. The molecule has 1 aliphatic heterocycles. The lowest BCUT2D eigenvalue weighted by molar-refractivity contribution is 0.0231. The van der Waals surface area contributed by atoms with Gasteiger partial charge in [0.15, 0.2) is 5.82 Å². The van der Waals surface area contributed by atoms with E-state index in [-0.39, 0.29) is 13.5 Å². The van der Waals surface area contributed by atoms with E-state index < -0.39 is 29.2 Å². The number of hydrogen-bond acceptors (Lipinski definition) is 6. The number of hydrogen-bond donors (Lipinski definition) is 1. The maximum absolute atomic E-state index is 15.5. The van der Waals surface area contributed by atoms with Crippen LogP contribution in [0.15, 0.2) is 55.0 Å². The second-order valence-corrected chi connectivity index (χ2v) is 9.68. The Balaban J connectivity index is 0.00000323. The zero-order valence-electron chi connectivity index (χ0n) is 22.1. The number of fused-ring (bicyclic) bond motifs is 3. The highest BCUT2D eigenvalue weighted by atomic mass is 32.1. The lowest BCUT2D eigenvalue weighted by atomic mass is 10.1. The van der Waals surface area contributed by atoms with Gasteiger partial charge in [0.1, 0.15) is 11.6 Å². The van der Waals surface area contributed by atoms with Gasteiger partial charge in [-0.3, -0.25) is 4.57 Å². The van der Waals surface area contributed by atoms with Crippen LogP contribution in [0.5, 0.6) is 0 Å². The molecule has 0 radical (unpaired) electrons. The molecule has 0 bridgehead atoms. The number of anilines is 2. The molecule has 0 saturated heterocycles. The second-order valence-electron chi connectivity index (χ2n) is 9.68. The minimum Gasteiger partial charge on any atom is -0.342 e. The summed E-state index contributed by atoms with van der Waals surface area (Å²) in [6, 6.07) is 8.17. The lowest BCUT2D eigenvalue weighted by Crippen LogP contribution is -2.28. The summed E-state index contributed by atoms with van der Waals surface area (Å²) < 4.78 is 50.6. The number of aryl methyl sites for hydroxylation is 2. The first-order chi connectivity index (χ1) is 18.8. The first kappa shape index (κ1) is 27.4. The largest absolute Gasteiger partial charge is 0.342 e. The van der Waals surface area contributed by atoms with Crippen molar-refractivity contribution in [2.24, 2.45) is 0 Å². The summed E-state index contributed by atoms with van der Waals surface area (Å²) >= 11 is 0. The lowest BCUT2D eigenvalue weighted by Gasteiger charge is -2.27. The van der Waals surface area contributed by atoms with Crippen LogP contribution in [-0.2, 0) is 19.0 Å². The van der Waals surface area contributed by atoms with Gasteiger partial charge in [-0.15, -0.1) is 10.2 Å². The minimum absolute atomic E-state index is 0. The van der Waals surface area contributed by atoms with Gasteiger partial charge in [0.25, 0.3) is 0 Å². The van der Waals surface area contributed by atoms with Crippen molar-refractivity contribution in [3.05, 3.63) is 77.8 Å².